The van der Waals surface area contributed by atoms with Crippen molar-refractivity contribution in [2.24, 2.45) is 0 Å². The van der Waals surface area contributed by atoms with Gasteiger partial charge in [-0.25, -0.2) is 14.8 Å². The summed E-state index contributed by atoms with van der Waals surface area (Å²) < 4.78 is 39.5. The monoisotopic (exact) mass is 435 g/mol. The van der Waals surface area contributed by atoms with Gasteiger partial charge in [0.15, 0.2) is 11.6 Å². The normalized spacial score (nSPS) is 12.1. The molecule has 2 aromatic heterocycles. The van der Waals surface area contributed by atoms with Gasteiger partial charge in [0.1, 0.15) is 12.4 Å². The van der Waals surface area contributed by atoms with Crippen molar-refractivity contribution in [1.82, 2.24) is 25.1 Å². The van der Waals surface area contributed by atoms with Crippen molar-refractivity contribution in [1.29, 1.82) is 5.26 Å². The molecule has 3 rings (SSSR count). The van der Waals surface area contributed by atoms with Gasteiger partial charge in [-0.2, -0.15) is 28.2 Å². The summed E-state index contributed by atoms with van der Waals surface area (Å²) in [6.07, 6.45) is -1.89. The highest BCUT2D eigenvalue weighted by molar-refractivity contribution is 6.33. The van der Waals surface area contributed by atoms with Crippen LogP contribution in [0.25, 0.3) is 5.82 Å². The number of anilines is 1. The van der Waals surface area contributed by atoms with E-state index in [0.717, 1.165) is 18.2 Å². The van der Waals surface area contributed by atoms with Crippen LogP contribution < -0.4 is 10.6 Å². The number of pyridine rings is 1. The van der Waals surface area contributed by atoms with Crippen molar-refractivity contribution in [3.63, 3.8) is 0 Å². The quantitative estimate of drug-likeness (QED) is 0.641. The number of hydrogen-bond acceptors (Lipinski definition) is 5. The molecule has 3 aromatic rings. The molecule has 0 fully saturated rings. The van der Waals surface area contributed by atoms with Gasteiger partial charge in [-0.3, -0.25) is 0 Å². The molecule has 12 heteroatoms. The Balaban J connectivity index is 1.71. The minimum absolute atomic E-state index is 0.0181. The average Bonchev–Trinajstić information content (AvgIpc) is 3.19. The van der Waals surface area contributed by atoms with Crippen molar-refractivity contribution in [2.75, 3.05) is 5.32 Å². The second kappa shape index (κ2) is 8.38. The number of nitrogens with one attached hydrogen (secondary N) is 2. The molecule has 0 spiro atoms. The Morgan fingerprint density at radius 3 is 2.63 bits per heavy atom. The van der Waals surface area contributed by atoms with Crippen LogP contribution in [0.1, 0.15) is 29.9 Å². The third-order valence-electron chi connectivity index (χ3n) is 3.95. The Morgan fingerprint density at radius 2 is 2.03 bits per heavy atom. The number of nitriles is 1. The predicted octanol–water partition coefficient (Wildman–Crippen LogP) is 4.09. The molecule has 2 N–H and O–H groups in total. The summed E-state index contributed by atoms with van der Waals surface area (Å²) >= 11 is 5.85. The number of amides is 2. The summed E-state index contributed by atoms with van der Waals surface area (Å²) in [5.41, 5.74) is -0.529. The number of alkyl halides is 3. The highest BCUT2D eigenvalue weighted by Crippen LogP contribution is 2.33. The second-order valence-electron chi connectivity index (χ2n) is 6.06. The number of urea groups is 1. The number of hydrogen-bond donors (Lipinski definition) is 2. The number of nitrogens with zero attached hydrogens (tertiary/aromatic N) is 5. The fourth-order valence-corrected chi connectivity index (χ4v) is 2.74. The van der Waals surface area contributed by atoms with Crippen LogP contribution in [-0.2, 0) is 6.18 Å². The fraction of sp³-hybridized carbons (Fsp3) is 0.167. The van der Waals surface area contributed by atoms with Crippen molar-refractivity contribution in [3.05, 3.63) is 64.8 Å². The molecular formula is C18H13ClF3N7O. The minimum atomic E-state index is -4.54. The van der Waals surface area contributed by atoms with Crippen LogP contribution in [0.5, 0.6) is 0 Å². The molecule has 154 valence electrons. The topological polar surface area (TPSA) is 109 Å². The number of rotatable bonds is 4. The molecule has 0 bridgehead atoms. The first kappa shape index (κ1) is 21.1. The summed E-state index contributed by atoms with van der Waals surface area (Å²) in [6.45, 7) is 1.64. The molecular weight excluding hydrogens is 423 g/mol. The molecule has 2 amide bonds. The lowest BCUT2D eigenvalue weighted by atomic mass is 10.2. The maximum Gasteiger partial charge on any atom is 0.416 e. The van der Waals surface area contributed by atoms with Crippen molar-refractivity contribution < 1.29 is 18.0 Å². The largest absolute Gasteiger partial charge is 0.416 e. The Bertz CT molecular complexity index is 1110. The van der Waals surface area contributed by atoms with Crippen molar-refractivity contribution in [3.8, 4) is 11.9 Å². The lowest BCUT2D eigenvalue weighted by molar-refractivity contribution is -0.137. The number of benzene rings is 1. The highest BCUT2D eigenvalue weighted by Gasteiger charge is 2.31. The van der Waals surface area contributed by atoms with E-state index in [4.69, 9.17) is 16.9 Å². The van der Waals surface area contributed by atoms with E-state index in [2.05, 4.69) is 25.7 Å². The first-order chi connectivity index (χ1) is 14.2. The first-order valence-electron chi connectivity index (χ1n) is 8.39. The van der Waals surface area contributed by atoms with Gasteiger partial charge in [0.25, 0.3) is 0 Å². The lowest BCUT2D eigenvalue weighted by Crippen LogP contribution is -2.32. The maximum atomic E-state index is 12.7. The summed E-state index contributed by atoms with van der Waals surface area (Å²) in [5, 5.41) is 17.7. The summed E-state index contributed by atoms with van der Waals surface area (Å²) in [5.74, 6) is 0.738. The third kappa shape index (κ3) is 4.66. The molecule has 1 aromatic carbocycles. The molecule has 8 nitrogen and oxygen atoms in total. The Morgan fingerprint density at radius 1 is 1.27 bits per heavy atom. The van der Waals surface area contributed by atoms with E-state index >= 15 is 0 Å². The van der Waals surface area contributed by atoms with Crippen LogP contribution in [0.2, 0.25) is 5.02 Å². The van der Waals surface area contributed by atoms with Crippen LogP contribution in [-0.4, -0.2) is 25.8 Å². The summed E-state index contributed by atoms with van der Waals surface area (Å²) in [4.78, 5) is 20.5. The molecule has 0 radical (unpaired) electrons. The highest BCUT2D eigenvalue weighted by atomic mass is 35.5. The molecule has 0 aliphatic heterocycles. The molecule has 2 heterocycles. The average molecular weight is 436 g/mol. The van der Waals surface area contributed by atoms with Crippen molar-refractivity contribution >= 4 is 23.3 Å². The Hall–Kier alpha value is -3.65. The minimum Gasteiger partial charge on any atom is -0.328 e. The van der Waals surface area contributed by atoms with Crippen LogP contribution in [0.3, 0.4) is 0 Å². The zero-order valence-electron chi connectivity index (χ0n) is 15.3. The van der Waals surface area contributed by atoms with E-state index < -0.39 is 23.8 Å². The third-order valence-corrected chi connectivity index (χ3v) is 4.26. The van der Waals surface area contributed by atoms with E-state index in [0.29, 0.717) is 17.2 Å². The van der Waals surface area contributed by atoms with Gasteiger partial charge >= 0.3 is 12.2 Å². The van der Waals surface area contributed by atoms with Gasteiger partial charge in [-0.1, -0.05) is 11.6 Å². The molecule has 0 aliphatic carbocycles. The fourth-order valence-electron chi connectivity index (χ4n) is 2.51. The molecule has 0 saturated carbocycles. The van der Waals surface area contributed by atoms with Crippen LogP contribution in [0.4, 0.5) is 23.7 Å². The standard InChI is InChI=1S/C18H13ClF3N7O/c1-10(16-25-9-26-29(16)15-5-2-11(7-23)8-24-15)27-17(30)28-14-4-3-12(6-13(14)19)18(20,21)22/h2-6,8-10H,1H3,(H2,27,28,30). The number of aromatic nitrogens is 4. The predicted molar refractivity (Wildman–Crippen MR) is 101 cm³/mol. The molecule has 1 unspecified atom stereocenters. The van der Waals surface area contributed by atoms with Gasteiger partial charge in [-0.15, -0.1) is 0 Å². The van der Waals surface area contributed by atoms with Gasteiger partial charge in [0.05, 0.1) is 27.9 Å². The van der Waals surface area contributed by atoms with E-state index in [1.54, 1.807) is 19.1 Å². The molecule has 1 atom stereocenters. The Labute approximate surface area is 173 Å². The van der Waals surface area contributed by atoms with E-state index in [1.807, 2.05) is 6.07 Å². The smallest absolute Gasteiger partial charge is 0.328 e. The first-order valence-corrected chi connectivity index (χ1v) is 8.77. The molecule has 0 saturated heterocycles. The molecule has 0 aliphatic rings. The van der Waals surface area contributed by atoms with E-state index in [-0.39, 0.29) is 10.7 Å². The number of halogens is 4. The summed E-state index contributed by atoms with van der Waals surface area (Å²) in [7, 11) is 0. The number of carbonyl (C=O) groups is 1. The van der Waals surface area contributed by atoms with E-state index in [1.165, 1.54) is 17.2 Å². The summed E-state index contributed by atoms with van der Waals surface area (Å²) in [6, 6.07) is 6.36. The lowest BCUT2D eigenvalue weighted by Gasteiger charge is -2.16. The van der Waals surface area contributed by atoms with Crippen LogP contribution in [0.15, 0.2) is 42.9 Å². The number of carbonyl (C=O) groups excluding carboxylic acids is 1. The zero-order chi connectivity index (χ0) is 21.9. The second-order valence-corrected chi connectivity index (χ2v) is 6.47. The Kier molecular flexibility index (Phi) is 5.89. The molecule has 30 heavy (non-hydrogen) atoms. The zero-order valence-corrected chi connectivity index (χ0v) is 16.0. The van der Waals surface area contributed by atoms with Gasteiger partial charge < -0.3 is 10.6 Å². The van der Waals surface area contributed by atoms with Crippen LogP contribution in [0, 0.1) is 11.3 Å². The SMILES string of the molecule is CC(NC(=O)Nc1ccc(C(F)(F)F)cc1Cl)c1ncnn1-c1ccc(C#N)cn1. The van der Waals surface area contributed by atoms with Crippen LogP contribution >= 0.6 is 11.6 Å². The maximum absolute atomic E-state index is 12.7. The van der Waals surface area contributed by atoms with Gasteiger partial charge in [-0.05, 0) is 37.3 Å². The van der Waals surface area contributed by atoms with Crippen molar-refractivity contribution in [2.45, 2.75) is 19.1 Å². The van der Waals surface area contributed by atoms with E-state index in [9.17, 15) is 18.0 Å². The van der Waals surface area contributed by atoms with Gasteiger partial charge in [0.2, 0.25) is 0 Å². The van der Waals surface area contributed by atoms with Gasteiger partial charge in [0, 0.05) is 6.20 Å².